The lowest BCUT2D eigenvalue weighted by molar-refractivity contribution is 0.00933. The summed E-state index contributed by atoms with van der Waals surface area (Å²) in [5.41, 5.74) is 3.04. The molecule has 0 aliphatic heterocycles. The van der Waals surface area contributed by atoms with Crippen molar-refractivity contribution in [3.63, 3.8) is 0 Å². The molecule has 34 heavy (non-hydrogen) atoms. The molecule has 0 radical (unpaired) electrons. The average Bonchev–Trinajstić information content (AvgIpc) is 2.87. The second-order valence-corrected chi connectivity index (χ2v) is 9.07. The van der Waals surface area contributed by atoms with Crippen LogP contribution in [0.5, 0.6) is 0 Å². The molecule has 5 nitrogen and oxygen atoms in total. The van der Waals surface area contributed by atoms with Crippen LogP contribution >= 0.6 is 12.4 Å². The van der Waals surface area contributed by atoms with Crippen molar-refractivity contribution < 1.29 is 19.7 Å². The zero-order valence-electron chi connectivity index (χ0n) is 19.5. The number of esters is 1. The fourth-order valence-electron chi connectivity index (χ4n) is 4.91. The van der Waals surface area contributed by atoms with Crippen LogP contribution in [0.4, 0.5) is 0 Å². The maximum absolute atomic E-state index is 12.1. The van der Waals surface area contributed by atoms with E-state index >= 15 is 0 Å². The molecular formula is C28H34ClNO4. The Morgan fingerprint density at radius 2 is 1.79 bits per heavy atom. The van der Waals surface area contributed by atoms with Crippen molar-refractivity contribution in [1.29, 1.82) is 0 Å². The summed E-state index contributed by atoms with van der Waals surface area (Å²) in [6.07, 6.45) is 3.52. The van der Waals surface area contributed by atoms with Crippen molar-refractivity contribution >= 4 is 29.1 Å². The molecule has 0 aromatic heterocycles. The number of carbonyl (C=O) groups excluding carboxylic acids is 1. The van der Waals surface area contributed by atoms with Gasteiger partial charge in [0.25, 0.3) is 0 Å². The number of aliphatic hydroxyl groups excluding tert-OH is 2. The van der Waals surface area contributed by atoms with Crippen molar-refractivity contribution in [3.05, 3.63) is 83.4 Å². The molecule has 1 fully saturated rings. The van der Waals surface area contributed by atoms with Crippen LogP contribution in [0.1, 0.15) is 66.1 Å². The van der Waals surface area contributed by atoms with Crippen molar-refractivity contribution in [1.82, 2.24) is 5.32 Å². The van der Waals surface area contributed by atoms with Crippen LogP contribution in [0.15, 0.2) is 66.7 Å². The Labute approximate surface area is 207 Å². The summed E-state index contributed by atoms with van der Waals surface area (Å²) >= 11 is 0. The first kappa shape index (κ1) is 26.2. The molecule has 182 valence electrons. The van der Waals surface area contributed by atoms with Crippen LogP contribution in [0.3, 0.4) is 0 Å². The van der Waals surface area contributed by atoms with Gasteiger partial charge in [-0.3, -0.25) is 0 Å². The number of hydrogen-bond donors (Lipinski definition) is 3. The Balaban J connectivity index is 0.00000324. The van der Waals surface area contributed by atoms with E-state index in [0.29, 0.717) is 17.5 Å². The molecule has 3 aromatic carbocycles. The number of rotatable bonds is 8. The number of aliphatic hydroxyl groups is 2. The second kappa shape index (κ2) is 12.3. The minimum atomic E-state index is -1.05. The number of ether oxygens (including phenoxy) is 1. The lowest BCUT2D eigenvalue weighted by Crippen LogP contribution is -2.35. The van der Waals surface area contributed by atoms with Gasteiger partial charge in [0, 0.05) is 12.1 Å². The lowest BCUT2D eigenvalue weighted by atomic mass is 9.81. The molecule has 0 spiro atoms. The van der Waals surface area contributed by atoms with Gasteiger partial charge in [0.1, 0.15) is 12.7 Å². The van der Waals surface area contributed by atoms with Crippen molar-refractivity contribution in [2.75, 3.05) is 13.2 Å². The number of halogens is 1. The summed E-state index contributed by atoms with van der Waals surface area (Å²) in [4.78, 5) is 12.1. The number of benzene rings is 3. The normalized spacial score (nSPS) is 19.7. The van der Waals surface area contributed by atoms with Gasteiger partial charge in [-0.05, 0) is 66.1 Å². The maximum atomic E-state index is 12.1. The molecule has 4 atom stereocenters. The third-order valence-electron chi connectivity index (χ3n) is 6.69. The van der Waals surface area contributed by atoms with E-state index in [1.165, 1.54) is 34.7 Å². The van der Waals surface area contributed by atoms with Gasteiger partial charge in [-0.15, -0.1) is 12.4 Å². The molecule has 4 rings (SSSR count). The molecule has 3 N–H and O–H groups in total. The summed E-state index contributed by atoms with van der Waals surface area (Å²) in [6, 6.07) is 23.4. The van der Waals surface area contributed by atoms with Crippen molar-refractivity contribution in [2.24, 2.45) is 0 Å². The molecule has 0 heterocycles. The van der Waals surface area contributed by atoms with E-state index in [1.807, 2.05) is 12.1 Å². The fraction of sp³-hybridized carbons (Fsp3) is 0.393. The summed E-state index contributed by atoms with van der Waals surface area (Å²) in [7, 11) is 0. The predicted octanol–water partition coefficient (Wildman–Crippen LogP) is 5.15. The molecule has 1 saturated carbocycles. The van der Waals surface area contributed by atoms with Gasteiger partial charge < -0.3 is 20.3 Å². The Morgan fingerprint density at radius 3 is 2.56 bits per heavy atom. The van der Waals surface area contributed by atoms with Crippen LogP contribution in [-0.2, 0) is 4.74 Å². The molecule has 0 amide bonds. The molecule has 3 aromatic rings. The fourth-order valence-corrected chi connectivity index (χ4v) is 4.91. The number of carbonyl (C=O) groups is 1. The largest absolute Gasteiger partial charge is 0.459 e. The molecule has 1 aliphatic carbocycles. The number of fused-ring (bicyclic) bond motifs is 1. The van der Waals surface area contributed by atoms with E-state index < -0.39 is 18.7 Å². The van der Waals surface area contributed by atoms with E-state index in [9.17, 15) is 9.90 Å². The average molecular weight is 484 g/mol. The summed E-state index contributed by atoms with van der Waals surface area (Å²) in [5, 5.41) is 24.6. The molecule has 6 heteroatoms. The zero-order valence-corrected chi connectivity index (χ0v) is 20.3. The topological polar surface area (TPSA) is 78.8 Å². The van der Waals surface area contributed by atoms with Crippen LogP contribution in [-0.4, -0.2) is 41.5 Å². The minimum absolute atomic E-state index is 0. The van der Waals surface area contributed by atoms with Gasteiger partial charge in [0.2, 0.25) is 0 Å². The van der Waals surface area contributed by atoms with Gasteiger partial charge in [0.15, 0.2) is 0 Å². The lowest BCUT2D eigenvalue weighted by Gasteiger charge is -2.32. The number of nitrogens with one attached hydrogen (secondary N) is 1. The first-order chi connectivity index (χ1) is 16.0. The van der Waals surface area contributed by atoms with Gasteiger partial charge >= 0.3 is 5.97 Å². The SMILES string of the molecule is C[C@@H](N[C@H]1CCC[C@H](c2ccc(C(=O)OC[C@H](O)CO)cc2)C1)c1cccc2ccccc12.Cl. The minimum Gasteiger partial charge on any atom is -0.459 e. The molecular weight excluding hydrogens is 450 g/mol. The molecule has 0 saturated heterocycles. The van der Waals surface area contributed by atoms with Crippen molar-refractivity contribution in [2.45, 2.75) is 56.7 Å². The van der Waals surface area contributed by atoms with Crippen LogP contribution in [0, 0.1) is 0 Å². The standard InChI is InChI=1S/C28H33NO4.ClH/c1-19(26-11-5-7-21-6-2-3-10-27(21)26)29-24-9-4-8-23(16-24)20-12-14-22(15-13-20)28(32)33-18-25(31)17-30;/h2-3,5-7,10-15,19,23-25,29-31H,4,8-9,16-18H2,1H3;1H/t19-,23+,24+,25-;/m1./s1. The Morgan fingerprint density at radius 1 is 1.06 bits per heavy atom. The highest BCUT2D eigenvalue weighted by Crippen LogP contribution is 2.34. The predicted molar refractivity (Wildman–Crippen MR) is 138 cm³/mol. The highest BCUT2D eigenvalue weighted by molar-refractivity contribution is 5.89. The Kier molecular flexibility index (Phi) is 9.48. The van der Waals surface area contributed by atoms with E-state index in [2.05, 4.69) is 54.7 Å². The second-order valence-electron chi connectivity index (χ2n) is 9.07. The third-order valence-corrected chi connectivity index (χ3v) is 6.69. The van der Waals surface area contributed by atoms with E-state index in [1.54, 1.807) is 12.1 Å². The Bertz CT molecular complexity index is 1070. The van der Waals surface area contributed by atoms with E-state index in [0.717, 1.165) is 12.8 Å². The number of hydrogen-bond acceptors (Lipinski definition) is 5. The maximum Gasteiger partial charge on any atom is 0.338 e. The monoisotopic (exact) mass is 483 g/mol. The first-order valence-corrected chi connectivity index (χ1v) is 11.8. The van der Waals surface area contributed by atoms with Gasteiger partial charge in [-0.2, -0.15) is 0 Å². The quantitative estimate of drug-likeness (QED) is 0.386. The van der Waals surface area contributed by atoms with Gasteiger partial charge in [-0.1, -0.05) is 61.0 Å². The summed E-state index contributed by atoms with van der Waals surface area (Å²) < 4.78 is 5.04. The van der Waals surface area contributed by atoms with Crippen molar-refractivity contribution in [3.8, 4) is 0 Å². The van der Waals surface area contributed by atoms with Gasteiger partial charge in [0.05, 0.1) is 12.2 Å². The summed E-state index contributed by atoms with van der Waals surface area (Å²) in [5.74, 6) is -0.0293. The third kappa shape index (κ3) is 6.36. The van der Waals surface area contributed by atoms with E-state index in [4.69, 9.17) is 9.84 Å². The molecule has 0 unspecified atom stereocenters. The van der Waals surface area contributed by atoms with E-state index in [-0.39, 0.29) is 25.1 Å². The first-order valence-electron chi connectivity index (χ1n) is 11.8. The summed E-state index contributed by atoms with van der Waals surface area (Å²) in [6.45, 7) is 1.61. The Hall–Kier alpha value is -2.44. The van der Waals surface area contributed by atoms with Crippen LogP contribution in [0.25, 0.3) is 10.8 Å². The highest BCUT2D eigenvalue weighted by Gasteiger charge is 2.25. The molecule has 0 bridgehead atoms. The zero-order chi connectivity index (χ0) is 23.2. The highest BCUT2D eigenvalue weighted by atomic mass is 35.5. The van der Waals surface area contributed by atoms with Crippen LogP contribution in [0.2, 0.25) is 0 Å². The van der Waals surface area contributed by atoms with Gasteiger partial charge in [-0.25, -0.2) is 4.79 Å². The van der Waals surface area contributed by atoms with Crippen LogP contribution < -0.4 is 5.32 Å². The molecule has 1 aliphatic rings. The smallest absolute Gasteiger partial charge is 0.338 e.